The van der Waals surface area contributed by atoms with Gasteiger partial charge >= 0.3 is 5.97 Å². The van der Waals surface area contributed by atoms with Crippen LogP contribution >= 0.6 is 0 Å². The Balaban J connectivity index is 3.06. The van der Waals surface area contributed by atoms with Gasteiger partial charge in [-0.2, -0.15) is 0 Å². The minimum Gasteiger partial charge on any atom is -0.246 e. The van der Waals surface area contributed by atoms with Gasteiger partial charge in [-0.3, -0.25) is 0 Å². The van der Waals surface area contributed by atoms with E-state index < -0.39 is 11.4 Å². The van der Waals surface area contributed by atoms with E-state index in [4.69, 9.17) is 0 Å². The molecule has 0 aliphatic rings. The highest BCUT2D eigenvalue weighted by Gasteiger charge is 2.30. The Morgan fingerprint density at radius 3 is 2.08 bits per heavy atom. The van der Waals surface area contributed by atoms with E-state index in [1.165, 1.54) is 0 Å². The third-order valence-corrected chi connectivity index (χ3v) is 2.01. The fraction of sp³-hybridized carbons (Fsp3) is 0.300. The number of hydrogen-bond acceptors (Lipinski definition) is 1. The van der Waals surface area contributed by atoms with Crippen LogP contribution in [-0.2, 0) is 15.3 Å². The van der Waals surface area contributed by atoms with Crippen LogP contribution in [0.2, 0.25) is 0 Å². The van der Waals surface area contributed by atoms with Gasteiger partial charge in [0.15, 0.2) is 0 Å². The first-order valence-corrected chi connectivity index (χ1v) is 3.82. The van der Waals surface area contributed by atoms with Gasteiger partial charge in [-0.25, -0.2) is 9.90 Å². The lowest BCUT2D eigenvalue weighted by Gasteiger charge is -2.17. The van der Waals surface area contributed by atoms with Crippen molar-refractivity contribution in [2.45, 2.75) is 19.3 Å². The summed E-state index contributed by atoms with van der Waals surface area (Å²) < 4.78 is 0. The van der Waals surface area contributed by atoms with E-state index in [0.717, 1.165) is 5.56 Å². The highest BCUT2D eigenvalue weighted by atomic mass is 16.4. The lowest BCUT2D eigenvalue weighted by Crippen LogP contribution is -2.27. The molecule has 0 saturated carbocycles. The summed E-state index contributed by atoms with van der Waals surface area (Å²) in [6.45, 7) is 3.27. The van der Waals surface area contributed by atoms with Crippen LogP contribution in [0, 0.1) is 0 Å². The minimum atomic E-state index is -1.05. The maximum absolute atomic E-state index is 10.7. The molecule has 0 amide bonds. The third kappa shape index (κ3) is 1.47. The summed E-state index contributed by atoms with van der Waals surface area (Å²) in [4.78, 5) is 10.7. The summed E-state index contributed by atoms with van der Waals surface area (Å²) in [5, 5.41) is 10.7. The first-order chi connectivity index (χ1) is 5.55. The van der Waals surface area contributed by atoms with Gasteiger partial charge in [-0.15, -0.1) is 0 Å². The monoisotopic (exact) mass is 163 g/mol. The molecule has 1 aromatic carbocycles. The van der Waals surface area contributed by atoms with Crippen molar-refractivity contribution >= 4 is 5.97 Å². The van der Waals surface area contributed by atoms with E-state index in [0.29, 0.717) is 0 Å². The summed E-state index contributed by atoms with van der Waals surface area (Å²) >= 11 is 0. The standard InChI is InChI=1S/C10H11O2/c1-10(2,9(11)12)8-6-4-3-5-7-8/h3-7H,1-2H3. The van der Waals surface area contributed by atoms with Crippen LogP contribution in [0.5, 0.6) is 0 Å². The molecule has 0 N–H and O–H groups in total. The number of carbonyl (C=O) groups excluding carboxylic acids is 1. The Kier molecular flexibility index (Phi) is 2.18. The van der Waals surface area contributed by atoms with Crippen LogP contribution in [-0.4, -0.2) is 5.97 Å². The second-order valence-electron chi connectivity index (χ2n) is 3.28. The maximum Gasteiger partial charge on any atom is 0.365 e. The first-order valence-electron chi connectivity index (χ1n) is 3.82. The Morgan fingerprint density at radius 2 is 1.67 bits per heavy atom. The van der Waals surface area contributed by atoms with Crippen LogP contribution in [0.4, 0.5) is 0 Å². The van der Waals surface area contributed by atoms with Crippen molar-refractivity contribution in [2.75, 3.05) is 0 Å². The maximum atomic E-state index is 10.7. The van der Waals surface area contributed by atoms with Crippen molar-refractivity contribution in [3.05, 3.63) is 35.9 Å². The zero-order valence-electron chi connectivity index (χ0n) is 7.20. The average molecular weight is 163 g/mol. The molecule has 2 heteroatoms. The molecule has 0 spiro atoms. The molecular formula is C10H11O2. The molecular weight excluding hydrogens is 152 g/mol. The summed E-state index contributed by atoms with van der Waals surface area (Å²) in [6.07, 6.45) is 0. The van der Waals surface area contributed by atoms with Crippen molar-refractivity contribution in [3.63, 3.8) is 0 Å². The van der Waals surface area contributed by atoms with Crippen LogP contribution in [0.1, 0.15) is 19.4 Å². The topological polar surface area (TPSA) is 37.0 Å². The van der Waals surface area contributed by atoms with Crippen LogP contribution in [0.15, 0.2) is 30.3 Å². The van der Waals surface area contributed by atoms with Gasteiger partial charge in [0.25, 0.3) is 0 Å². The SMILES string of the molecule is CC(C)(C([O])=O)c1ccccc1. The van der Waals surface area contributed by atoms with E-state index in [2.05, 4.69) is 0 Å². The van der Waals surface area contributed by atoms with Gasteiger partial charge in [0.1, 0.15) is 0 Å². The van der Waals surface area contributed by atoms with Gasteiger partial charge in [-0.1, -0.05) is 30.3 Å². The van der Waals surface area contributed by atoms with Crippen LogP contribution < -0.4 is 0 Å². The molecule has 0 heterocycles. The van der Waals surface area contributed by atoms with Gasteiger partial charge in [-0.05, 0) is 19.4 Å². The second kappa shape index (κ2) is 2.97. The largest absolute Gasteiger partial charge is 0.365 e. The third-order valence-electron chi connectivity index (χ3n) is 2.01. The van der Waals surface area contributed by atoms with Gasteiger partial charge in [0, 0.05) is 0 Å². The second-order valence-corrected chi connectivity index (χ2v) is 3.28. The molecule has 0 aromatic heterocycles. The van der Waals surface area contributed by atoms with E-state index in [9.17, 15) is 9.90 Å². The number of hydrogen-bond donors (Lipinski definition) is 0. The summed E-state index contributed by atoms with van der Waals surface area (Å²) in [7, 11) is 0. The Hall–Kier alpha value is -1.31. The molecule has 1 radical (unpaired) electrons. The fourth-order valence-electron chi connectivity index (χ4n) is 0.973. The Morgan fingerprint density at radius 1 is 1.17 bits per heavy atom. The van der Waals surface area contributed by atoms with Gasteiger partial charge in [0.05, 0.1) is 5.41 Å². The highest BCUT2D eigenvalue weighted by molar-refractivity contribution is 5.79. The molecule has 0 aliphatic carbocycles. The molecule has 0 bridgehead atoms. The van der Waals surface area contributed by atoms with E-state index in [-0.39, 0.29) is 0 Å². The number of benzene rings is 1. The number of rotatable bonds is 2. The summed E-state index contributed by atoms with van der Waals surface area (Å²) in [5.41, 5.74) is -0.133. The molecule has 2 nitrogen and oxygen atoms in total. The van der Waals surface area contributed by atoms with Crippen LogP contribution in [0.3, 0.4) is 0 Å². The van der Waals surface area contributed by atoms with Crippen molar-refractivity contribution < 1.29 is 9.90 Å². The molecule has 1 aromatic rings. The average Bonchev–Trinajstić information content (AvgIpc) is 2.06. The first kappa shape index (κ1) is 8.78. The van der Waals surface area contributed by atoms with Crippen molar-refractivity contribution in [1.29, 1.82) is 0 Å². The zero-order valence-corrected chi connectivity index (χ0v) is 7.20. The van der Waals surface area contributed by atoms with Crippen molar-refractivity contribution in [1.82, 2.24) is 0 Å². The molecule has 0 atom stereocenters. The minimum absolute atomic E-state index is 0.769. The Bertz CT molecular complexity index is 275. The van der Waals surface area contributed by atoms with E-state index >= 15 is 0 Å². The van der Waals surface area contributed by atoms with Crippen molar-refractivity contribution in [2.24, 2.45) is 0 Å². The van der Waals surface area contributed by atoms with Crippen molar-refractivity contribution in [3.8, 4) is 0 Å². The molecule has 0 aliphatic heterocycles. The lowest BCUT2D eigenvalue weighted by molar-refractivity contribution is -0.148. The van der Waals surface area contributed by atoms with Crippen LogP contribution in [0.25, 0.3) is 0 Å². The molecule has 12 heavy (non-hydrogen) atoms. The zero-order chi connectivity index (χ0) is 9.19. The smallest absolute Gasteiger partial charge is 0.246 e. The quantitative estimate of drug-likeness (QED) is 0.656. The predicted molar refractivity (Wildman–Crippen MR) is 45.2 cm³/mol. The molecule has 63 valence electrons. The summed E-state index contributed by atoms with van der Waals surface area (Å²) in [5.74, 6) is -1.05. The number of carbonyl (C=O) groups is 1. The molecule has 1 rings (SSSR count). The Labute approximate surface area is 71.8 Å². The fourth-order valence-corrected chi connectivity index (χ4v) is 0.973. The lowest BCUT2D eigenvalue weighted by atomic mass is 9.85. The van der Waals surface area contributed by atoms with Gasteiger partial charge in [0.2, 0.25) is 0 Å². The highest BCUT2D eigenvalue weighted by Crippen LogP contribution is 2.22. The van der Waals surface area contributed by atoms with E-state index in [1.54, 1.807) is 26.0 Å². The molecule has 0 saturated heterocycles. The summed E-state index contributed by atoms with van der Waals surface area (Å²) in [6, 6.07) is 9.07. The predicted octanol–water partition coefficient (Wildman–Crippen LogP) is 1.92. The van der Waals surface area contributed by atoms with E-state index in [1.807, 2.05) is 18.2 Å². The molecule has 0 fully saturated rings. The normalized spacial score (nSPS) is 11.2. The molecule has 0 unspecified atom stereocenters. The van der Waals surface area contributed by atoms with Gasteiger partial charge < -0.3 is 0 Å².